The van der Waals surface area contributed by atoms with Gasteiger partial charge in [0.05, 0.1) is 0 Å². The van der Waals surface area contributed by atoms with E-state index in [2.05, 4.69) is 4.74 Å². The molecule has 8 heteroatoms. The van der Waals surface area contributed by atoms with E-state index in [1.807, 2.05) is 0 Å². The maximum Gasteiger partial charge on any atom is 0.308 e. The minimum Gasteiger partial charge on any atom is -0.427 e. The number of carbonyl (C=O) groups excluding carboxylic acids is 2. The van der Waals surface area contributed by atoms with Crippen molar-refractivity contribution in [3.8, 4) is 11.5 Å². The zero-order chi connectivity index (χ0) is 20.8. The molecule has 0 spiro atoms. The molecular weight excluding hydrogens is 380 g/mol. The summed E-state index contributed by atoms with van der Waals surface area (Å²) < 4.78 is 63.8. The molecule has 0 saturated carbocycles. The summed E-state index contributed by atoms with van der Waals surface area (Å²) in [6.45, 7) is 2.29. The molecule has 4 nitrogen and oxygen atoms in total. The van der Waals surface area contributed by atoms with Gasteiger partial charge < -0.3 is 9.47 Å². The number of hydrogen-bond donors (Lipinski definition) is 0. The summed E-state index contributed by atoms with van der Waals surface area (Å²) >= 11 is 0. The van der Waals surface area contributed by atoms with Gasteiger partial charge in [-0.05, 0) is 30.2 Å². The Kier molecular flexibility index (Phi) is 6.92. The van der Waals surface area contributed by atoms with Crippen molar-refractivity contribution in [1.82, 2.24) is 0 Å². The smallest absolute Gasteiger partial charge is 0.308 e. The minimum atomic E-state index is -2.01. The van der Waals surface area contributed by atoms with E-state index >= 15 is 0 Å². The van der Waals surface area contributed by atoms with E-state index in [4.69, 9.17) is 4.74 Å². The van der Waals surface area contributed by atoms with E-state index < -0.39 is 47.6 Å². The second-order valence-corrected chi connectivity index (χ2v) is 5.89. The van der Waals surface area contributed by atoms with Crippen molar-refractivity contribution in [2.45, 2.75) is 26.2 Å². The van der Waals surface area contributed by atoms with Gasteiger partial charge in [0.25, 0.3) is 6.08 Å². The number of carbonyl (C=O) groups is 2. The van der Waals surface area contributed by atoms with Crippen LogP contribution in [0.4, 0.5) is 17.6 Å². The minimum absolute atomic E-state index is 0.211. The van der Waals surface area contributed by atoms with Crippen LogP contribution >= 0.6 is 0 Å². The molecular formula is C20H16F4O4. The van der Waals surface area contributed by atoms with Crippen molar-refractivity contribution in [1.29, 1.82) is 0 Å². The van der Waals surface area contributed by atoms with Gasteiger partial charge in [-0.15, -0.1) is 0 Å². The molecule has 0 radical (unpaired) electrons. The number of ether oxygens (including phenoxy) is 2. The molecule has 0 aliphatic heterocycles. The molecule has 2 aromatic rings. The average molecular weight is 396 g/mol. The van der Waals surface area contributed by atoms with Crippen LogP contribution < -0.4 is 9.47 Å². The zero-order valence-corrected chi connectivity index (χ0v) is 15.0. The van der Waals surface area contributed by atoms with Crippen LogP contribution in [0.3, 0.4) is 0 Å². The Labute approximate surface area is 158 Å². The van der Waals surface area contributed by atoms with Gasteiger partial charge in [-0.3, -0.25) is 9.59 Å². The highest BCUT2D eigenvalue weighted by Crippen LogP contribution is 2.30. The van der Waals surface area contributed by atoms with Crippen molar-refractivity contribution < 1.29 is 36.6 Å². The van der Waals surface area contributed by atoms with Crippen LogP contribution in [0, 0.1) is 11.6 Å². The predicted octanol–water partition coefficient (Wildman–Crippen LogP) is 4.92. The molecule has 1 atom stereocenters. The fraction of sp³-hybridized carbons (Fsp3) is 0.200. The average Bonchev–Trinajstić information content (AvgIpc) is 2.56. The summed E-state index contributed by atoms with van der Waals surface area (Å²) in [7, 11) is 0. The Hall–Kier alpha value is -3.16. The third kappa shape index (κ3) is 5.94. The van der Waals surface area contributed by atoms with E-state index in [-0.39, 0.29) is 11.5 Å². The summed E-state index contributed by atoms with van der Waals surface area (Å²) in [5.74, 6) is -4.49. The van der Waals surface area contributed by atoms with Gasteiger partial charge in [0, 0.05) is 37.5 Å². The number of esters is 2. The molecule has 148 valence electrons. The van der Waals surface area contributed by atoms with E-state index in [0.29, 0.717) is 11.6 Å². The molecule has 0 bridgehead atoms. The van der Waals surface area contributed by atoms with Gasteiger partial charge in [-0.2, -0.15) is 8.78 Å². The molecule has 0 aromatic heterocycles. The third-order valence-electron chi connectivity index (χ3n) is 3.70. The normalized spacial score (nSPS) is 11.5. The predicted molar refractivity (Wildman–Crippen MR) is 92.2 cm³/mol. The molecule has 2 aromatic carbocycles. The van der Waals surface area contributed by atoms with E-state index in [1.54, 1.807) is 0 Å². The maximum atomic E-state index is 14.3. The molecule has 0 saturated heterocycles. The second-order valence-electron chi connectivity index (χ2n) is 5.89. The van der Waals surface area contributed by atoms with Gasteiger partial charge in [-0.25, -0.2) is 8.78 Å². The highest BCUT2D eigenvalue weighted by atomic mass is 19.3. The lowest BCUT2D eigenvalue weighted by Crippen LogP contribution is -2.08. The molecule has 28 heavy (non-hydrogen) atoms. The summed E-state index contributed by atoms with van der Waals surface area (Å²) in [6, 6.07) is 7.26. The first-order valence-electron chi connectivity index (χ1n) is 8.13. The largest absolute Gasteiger partial charge is 0.427 e. The van der Waals surface area contributed by atoms with Crippen molar-refractivity contribution in [2.24, 2.45) is 0 Å². The van der Waals surface area contributed by atoms with Crippen LogP contribution in [0.25, 0.3) is 0 Å². The van der Waals surface area contributed by atoms with Crippen molar-refractivity contribution in [3.05, 3.63) is 71.3 Å². The van der Waals surface area contributed by atoms with Crippen LogP contribution in [-0.4, -0.2) is 11.9 Å². The molecule has 0 fully saturated rings. The van der Waals surface area contributed by atoms with Crippen LogP contribution in [0.5, 0.6) is 11.5 Å². The van der Waals surface area contributed by atoms with Crippen LogP contribution in [0.2, 0.25) is 0 Å². The first-order valence-corrected chi connectivity index (χ1v) is 8.13. The molecule has 0 heterocycles. The topological polar surface area (TPSA) is 52.6 Å². The second kappa shape index (κ2) is 9.16. The van der Waals surface area contributed by atoms with E-state index in [9.17, 15) is 27.2 Å². The quantitative estimate of drug-likeness (QED) is 0.395. The number of rotatable bonds is 6. The molecule has 1 unspecified atom stereocenters. The fourth-order valence-corrected chi connectivity index (χ4v) is 2.59. The van der Waals surface area contributed by atoms with Gasteiger partial charge >= 0.3 is 11.9 Å². The van der Waals surface area contributed by atoms with Crippen molar-refractivity contribution in [3.63, 3.8) is 0 Å². The number of halogens is 4. The Morgan fingerprint density at radius 1 is 0.929 bits per heavy atom. The highest BCUT2D eigenvalue weighted by molar-refractivity contribution is 5.69. The lowest BCUT2D eigenvalue weighted by atomic mass is 9.91. The SMILES string of the molecule is CC(=O)Oc1ccc(C(C=C(F)F)Cc2c(F)cc(OC(C)=O)cc2F)cc1. The van der Waals surface area contributed by atoms with E-state index in [1.165, 1.54) is 31.2 Å². The summed E-state index contributed by atoms with van der Waals surface area (Å²) in [6.07, 6.45) is -1.83. The Morgan fingerprint density at radius 3 is 1.89 bits per heavy atom. The van der Waals surface area contributed by atoms with Crippen molar-refractivity contribution >= 4 is 11.9 Å². The maximum absolute atomic E-state index is 14.3. The van der Waals surface area contributed by atoms with E-state index in [0.717, 1.165) is 19.1 Å². The lowest BCUT2D eigenvalue weighted by molar-refractivity contribution is -0.132. The monoisotopic (exact) mass is 396 g/mol. The Balaban J connectivity index is 2.34. The summed E-state index contributed by atoms with van der Waals surface area (Å²) in [5, 5.41) is 0. The zero-order valence-electron chi connectivity index (χ0n) is 15.0. The Bertz CT molecular complexity index is 880. The van der Waals surface area contributed by atoms with Crippen LogP contribution in [0.1, 0.15) is 30.9 Å². The van der Waals surface area contributed by atoms with Crippen LogP contribution in [0.15, 0.2) is 48.6 Å². The summed E-state index contributed by atoms with van der Waals surface area (Å²) in [5.41, 5.74) is -0.0889. The van der Waals surface area contributed by atoms with Gasteiger partial charge in [0.1, 0.15) is 23.1 Å². The van der Waals surface area contributed by atoms with Gasteiger partial charge in [0.2, 0.25) is 0 Å². The summed E-state index contributed by atoms with van der Waals surface area (Å²) in [4.78, 5) is 21.9. The van der Waals surface area contributed by atoms with Gasteiger partial charge in [-0.1, -0.05) is 12.1 Å². The first-order chi connectivity index (χ1) is 13.2. The molecule has 2 rings (SSSR count). The highest BCUT2D eigenvalue weighted by Gasteiger charge is 2.19. The number of hydrogen-bond acceptors (Lipinski definition) is 4. The number of benzene rings is 2. The fourth-order valence-electron chi connectivity index (χ4n) is 2.59. The standard InChI is InChI=1S/C20H16F4O4/c1-11(25)27-15-5-3-13(4-6-15)14(8-20(23)24)7-17-18(21)9-16(10-19(17)22)28-12(2)26/h3-6,8-10,14H,7H2,1-2H3. The molecule has 0 aliphatic carbocycles. The molecule has 0 aliphatic rings. The molecule has 0 N–H and O–H groups in total. The van der Waals surface area contributed by atoms with Crippen LogP contribution in [-0.2, 0) is 16.0 Å². The first kappa shape index (κ1) is 21.1. The van der Waals surface area contributed by atoms with Crippen molar-refractivity contribution in [2.75, 3.05) is 0 Å². The third-order valence-corrected chi connectivity index (χ3v) is 3.70. The molecule has 0 amide bonds. The lowest BCUT2D eigenvalue weighted by Gasteiger charge is -2.15. The number of allylic oxidation sites excluding steroid dienone is 1. The Morgan fingerprint density at radius 2 is 1.43 bits per heavy atom. The van der Waals surface area contributed by atoms with Gasteiger partial charge in [0.15, 0.2) is 0 Å².